The molecule has 0 bridgehead atoms. The molecule has 5 aromatic rings. The average Bonchev–Trinajstić information content (AvgIpc) is 3.01. The van der Waals surface area contributed by atoms with Gasteiger partial charge in [0.2, 0.25) is 0 Å². The third kappa shape index (κ3) is 6.81. The minimum Gasteiger partial charge on any atom is -0.505 e. The van der Waals surface area contributed by atoms with Crippen LogP contribution in [0.5, 0.6) is 11.5 Å². The quantitative estimate of drug-likeness (QED) is 0.0796. The predicted molar refractivity (Wildman–Crippen MR) is 175 cm³/mol. The summed E-state index contributed by atoms with van der Waals surface area (Å²) >= 11 is 0. The third-order valence-corrected chi connectivity index (χ3v) is 9.78. The summed E-state index contributed by atoms with van der Waals surface area (Å²) in [4.78, 5) is -1.98. The van der Waals surface area contributed by atoms with Gasteiger partial charge >= 0.3 is 0 Å². The van der Waals surface area contributed by atoms with Crippen LogP contribution in [0, 0.1) is 6.92 Å². The number of methoxy groups -OCH3 is 1. The van der Waals surface area contributed by atoms with Crippen LogP contribution in [0.1, 0.15) is 5.56 Å². The molecular formula is C29H25N5O11S3. The Morgan fingerprint density at radius 1 is 0.667 bits per heavy atom. The van der Waals surface area contributed by atoms with E-state index >= 15 is 0 Å². The molecule has 0 amide bonds. The molecule has 0 fully saturated rings. The largest absolute Gasteiger partial charge is 0.505 e. The first-order valence-electron chi connectivity index (χ1n) is 13.4. The summed E-state index contributed by atoms with van der Waals surface area (Å²) in [5.74, 6) is -0.499. The number of aryl methyl sites for hydroxylation is 1. The molecule has 0 unspecified atom stereocenters. The molecule has 0 aliphatic rings. The van der Waals surface area contributed by atoms with Crippen LogP contribution in [0.3, 0.4) is 0 Å². The van der Waals surface area contributed by atoms with Gasteiger partial charge < -0.3 is 15.2 Å². The highest BCUT2D eigenvalue weighted by molar-refractivity contribution is 7.86. The maximum absolute atomic E-state index is 12.2. The highest BCUT2D eigenvalue weighted by atomic mass is 32.2. The maximum Gasteiger partial charge on any atom is 0.296 e. The van der Waals surface area contributed by atoms with E-state index < -0.39 is 56.5 Å². The lowest BCUT2D eigenvalue weighted by Gasteiger charge is -2.11. The van der Waals surface area contributed by atoms with E-state index in [1.807, 2.05) is 0 Å². The first-order chi connectivity index (χ1) is 22.4. The Morgan fingerprint density at radius 2 is 1.33 bits per heavy atom. The van der Waals surface area contributed by atoms with Crippen molar-refractivity contribution >= 4 is 80.3 Å². The number of rotatable bonds is 9. The van der Waals surface area contributed by atoms with Crippen molar-refractivity contribution in [3.63, 3.8) is 0 Å². The lowest BCUT2D eigenvalue weighted by molar-refractivity contribution is 0.416. The van der Waals surface area contributed by atoms with Crippen LogP contribution < -0.4 is 10.1 Å². The van der Waals surface area contributed by atoms with Crippen molar-refractivity contribution < 1.29 is 48.8 Å². The zero-order chi connectivity index (χ0) is 35.2. The normalized spacial score (nSPS) is 12.8. The first-order valence-corrected chi connectivity index (χ1v) is 17.7. The molecule has 48 heavy (non-hydrogen) atoms. The van der Waals surface area contributed by atoms with Gasteiger partial charge in [0.25, 0.3) is 30.4 Å². The molecule has 0 aromatic heterocycles. The standard InChI is InChI=1S/C29H25N5O11S3/c1-15-9-23(33-34-28-27(48(42,43)44)11-16-10-17(30-2)7-8-19(16)29(28)35)24(45-3)14-22(15)32-31-18-12-21-20(26(13-18)47(39,40)41)5-4-6-25(21)46(36,37)38/h4-14,30,35H,1-3H3,(H,36,37,38)(H,39,40,41)(H,42,43,44). The molecule has 250 valence electrons. The van der Waals surface area contributed by atoms with Gasteiger partial charge in [-0.05, 0) is 66.4 Å². The topological polar surface area (TPSA) is 254 Å². The first kappa shape index (κ1) is 34.3. The van der Waals surface area contributed by atoms with Gasteiger partial charge in [-0.1, -0.05) is 12.1 Å². The van der Waals surface area contributed by atoms with Gasteiger partial charge in [0.05, 0.1) is 18.5 Å². The number of azo groups is 2. The smallest absolute Gasteiger partial charge is 0.296 e. The minimum absolute atomic E-state index is 0.0523. The van der Waals surface area contributed by atoms with Gasteiger partial charge in [-0.15, -0.1) is 10.2 Å². The highest BCUT2D eigenvalue weighted by Gasteiger charge is 2.23. The van der Waals surface area contributed by atoms with Gasteiger partial charge in [0.15, 0.2) is 5.75 Å². The Balaban J connectivity index is 1.59. The van der Waals surface area contributed by atoms with Gasteiger partial charge in [0.1, 0.15) is 31.8 Å². The Hall–Kier alpha value is -5.05. The van der Waals surface area contributed by atoms with Gasteiger partial charge in [-0.3, -0.25) is 13.7 Å². The molecule has 0 radical (unpaired) electrons. The van der Waals surface area contributed by atoms with Crippen LogP contribution >= 0.6 is 0 Å². The van der Waals surface area contributed by atoms with E-state index in [0.717, 1.165) is 24.3 Å². The van der Waals surface area contributed by atoms with E-state index in [0.29, 0.717) is 16.6 Å². The van der Waals surface area contributed by atoms with E-state index in [9.17, 15) is 44.0 Å². The fourth-order valence-corrected chi connectivity index (χ4v) is 6.91. The van der Waals surface area contributed by atoms with E-state index in [4.69, 9.17) is 4.74 Å². The van der Waals surface area contributed by atoms with E-state index in [2.05, 4.69) is 25.8 Å². The van der Waals surface area contributed by atoms with Crippen LogP contribution in [0.25, 0.3) is 21.5 Å². The van der Waals surface area contributed by atoms with Crippen molar-refractivity contribution in [1.29, 1.82) is 0 Å². The number of hydrogen-bond donors (Lipinski definition) is 5. The lowest BCUT2D eigenvalue weighted by Crippen LogP contribution is -2.03. The molecular weight excluding hydrogens is 691 g/mol. The SMILES string of the molecule is CNc1ccc2c(O)c(N=Nc3cc(C)c(N=Nc4cc(S(=O)(=O)O)c5cccc(S(=O)(=O)O)c5c4)cc3OC)c(S(=O)(=O)O)cc2c1. The highest BCUT2D eigenvalue weighted by Crippen LogP contribution is 2.43. The molecule has 0 heterocycles. The van der Waals surface area contributed by atoms with Crippen molar-refractivity contribution in [2.45, 2.75) is 21.6 Å². The van der Waals surface area contributed by atoms with Crippen molar-refractivity contribution in [2.24, 2.45) is 20.5 Å². The predicted octanol–water partition coefficient (Wildman–Crippen LogP) is 6.63. The maximum atomic E-state index is 12.2. The van der Waals surface area contributed by atoms with Crippen molar-refractivity contribution in [3.8, 4) is 11.5 Å². The van der Waals surface area contributed by atoms with Crippen LogP contribution in [-0.4, -0.2) is 58.2 Å². The zero-order valence-corrected chi connectivity index (χ0v) is 27.5. The summed E-state index contributed by atoms with van der Waals surface area (Å²) < 4.78 is 107. The second-order valence-corrected chi connectivity index (χ2v) is 14.4. The number of phenolic OH excluding ortho intramolecular Hbond substituents is 1. The monoisotopic (exact) mass is 715 g/mol. The van der Waals surface area contributed by atoms with Crippen molar-refractivity contribution in [1.82, 2.24) is 0 Å². The Morgan fingerprint density at radius 3 is 1.96 bits per heavy atom. The Labute approximate surface area is 273 Å². The summed E-state index contributed by atoms with van der Waals surface area (Å²) in [6.07, 6.45) is 0. The Bertz CT molecular complexity index is 2540. The molecule has 16 nitrogen and oxygen atoms in total. The molecule has 0 saturated heterocycles. The molecule has 0 saturated carbocycles. The zero-order valence-electron chi connectivity index (χ0n) is 25.0. The second kappa shape index (κ2) is 12.5. The van der Waals surface area contributed by atoms with Gasteiger partial charge in [-0.2, -0.15) is 35.5 Å². The van der Waals surface area contributed by atoms with Crippen LogP contribution in [-0.2, 0) is 30.4 Å². The second-order valence-electron chi connectivity index (χ2n) is 10.2. The molecule has 5 N–H and O–H groups in total. The molecule has 0 aliphatic heterocycles. The average molecular weight is 716 g/mol. The molecule has 5 aromatic carbocycles. The number of hydrogen-bond acceptors (Lipinski definition) is 13. The van der Waals surface area contributed by atoms with Crippen LogP contribution in [0.2, 0.25) is 0 Å². The van der Waals surface area contributed by atoms with Gasteiger partial charge in [0, 0.05) is 35.0 Å². The minimum atomic E-state index is -4.88. The number of phenols is 1. The van der Waals surface area contributed by atoms with Gasteiger partial charge in [-0.25, -0.2) is 0 Å². The Kier molecular flexibility index (Phi) is 8.95. The number of fused-ring (bicyclic) bond motifs is 2. The molecule has 0 atom stereocenters. The van der Waals surface area contributed by atoms with E-state index in [-0.39, 0.29) is 39.0 Å². The summed E-state index contributed by atoms with van der Waals surface area (Å²) in [5.41, 5.74) is 0.519. The summed E-state index contributed by atoms with van der Waals surface area (Å²) in [6.45, 7) is 1.59. The fraction of sp³-hybridized carbons (Fsp3) is 0.103. The number of nitrogens with one attached hydrogen (secondary N) is 1. The fourth-order valence-electron chi connectivity index (χ4n) is 4.83. The number of benzene rings is 5. The van der Waals surface area contributed by atoms with E-state index in [1.54, 1.807) is 26.1 Å². The van der Waals surface area contributed by atoms with Crippen LogP contribution in [0.15, 0.2) is 102 Å². The number of aromatic hydroxyl groups is 1. The molecule has 5 rings (SSSR count). The molecule has 19 heteroatoms. The number of anilines is 1. The lowest BCUT2D eigenvalue weighted by atomic mass is 10.1. The summed E-state index contributed by atoms with van der Waals surface area (Å²) in [5, 5.41) is 30.0. The third-order valence-electron chi connectivity index (χ3n) is 7.10. The number of nitrogens with zero attached hydrogens (tertiary/aromatic N) is 4. The van der Waals surface area contributed by atoms with Crippen LogP contribution in [0.4, 0.5) is 28.4 Å². The summed E-state index contributed by atoms with van der Waals surface area (Å²) in [7, 11) is -11.6. The van der Waals surface area contributed by atoms with Crippen molar-refractivity contribution in [2.75, 3.05) is 19.5 Å². The number of ether oxygens (including phenoxy) is 1. The van der Waals surface area contributed by atoms with Crippen molar-refractivity contribution in [3.05, 3.63) is 72.3 Å². The van der Waals surface area contributed by atoms with E-state index in [1.165, 1.54) is 37.4 Å². The molecule has 0 aliphatic carbocycles. The molecule has 0 spiro atoms. The summed E-state index contributed by atoms with van der Waals surface area (Å²) in [6, 6.07) is 14.3.